The fraction of sp³-hybridized carbons (Fsp3) is 0.561. The smallest absolute Gasteiger partial charge is 0.338 e. The molecule has 11 atom stereocenters. The van der Waals surface area contributed by atoms with Crippen molar-refractivity contribution < 1.29 is 58.6 Å². The van der Waals surface area contributed by atoms with Gasteiger partial charge in [0.25, 0.3) is 5.91 Å². The van der Waals surface area contributed by atoms with Crippen LogP contribution in [0.15, 0.2) is 65.7 Å². The van der Waals surface area contributed by atoms with Gasteiger partial charge in [0.1, 0.15) is 11.7 Å². The predicted octanol–water partition coefficient (Wildman–Crippen LogP) is 1.98. The fourth-order valence-electron chi connectivity index (χ4n) is 9.61. The van der Waals surface area contributed by atoms with Crippen molar-refractivity contribution in [3.8, 4) is 0 Å². The summed E-state index contributed by atoms with van der Waals surface area (Å²) in [7, 11) is -2.63. The third-order valence-electron chi connectivity index (χ3n) is 13.4. The lowest BCUT2D eigenvalue weighted by Gasteiger charge is -2.67. The van der Waals surface area contributed by atoms with Gasteiger partial charge in [0.2, 0.25) is 8.32 Å². The molecule has 13 nitrogen and oxygen atoms in total. The van der Waals surface area contributed by atoms with Crippen LogP contribution in [0.3, 0.4) is 0 Å². The molecule has 2 aromatic rings. The first-order valence-electron chi connectivity index (χ1n) is 18.7. The van der Waals surface area contributed by atoms with E-state index >= 15 is 0 Å². The molecule has 3 aliphatic carbocycles. The normalized spacial score (nSPS) is 35.1. The van der Waals surface area contributed by atoms with E-state index < -0.39 is 102 Å². The largest absolute Gasteiger partial charge is 0.456 e. The van der Waals surface area contributed by atoms with Crippen LogP contribution in [0.4, 0.5) is 0 Å². The van der Waals surface area contributed by atoms with Crippen LogP contribution < -0.4 is 10.5 Å². The van der Waals surface area contributed by atoms with Gasteiger partial charge in [0.05, 0.1) is 36.4 Å². The summed E-state index contributed by atoms with van der Waals surface area (Å²) in [4.78, 5) is 65.6. The van der Waals surface area contributed by atoms with Gasteiger partial charge in [0.15, 0.2) is 18.0 Å². The number of amides is 1. The minimum Gasteiger partial charge on any atom is -0.456 e. The molecule has 0 radical (unpaired) electrons. The molecule has 1 amide bonds. The summed E-state index contributed by atoms with van der Waals surface area (Å²) in [6, 6.07) is 13.6. The van der Waals surface area contributed by atoms with E-state index in [1.54, 1.807) is 95.4 Å². The highest BCUT2D eigenvalue weighted by atomic mass is 28.4. The molecule has 1 heterocycles. The number of hydrogen-bond acceptors (Lipinski definition) is 12. The molecule has 6 rings (SSSR count). The van der Waals surface area contributed by atoms with Crippen molar-refractivity contribution in [1.82, 2.24) is 5.32 Å². The molecule has 55 heavy (non-hydrogen) atoms. The lowest BCUT2D eigenvalue weighted by Crippen LogP contribution is -2.79. The molecule has 1 saturated heterocycles. The van der Waals surface area contributed by atoms with Crippen molar-refractivity contribution in [3.63, 3.8) is 0 Å². The van der Waals surface area contributed by atoms with Crippen molar-refractivity contribution in [3.05, 3.63) is 76.9 Å². The summed E-state index contributed by atoms with van der Waals surface area (Å²) in [5.41, 5.74) is -4.58. The second-order valence-electron chi connectivity index (χ2n) is 17.3. The second kappa shape index (κ2) is 14.0. The molecule has 3 fully saturated rings. The Morgan fingerprint density at radius 2 is 1.60 bits per heavy atom. The Morgan fingerprint density at radius 1 is 0.982 bits per heavy atom. The molecule has 2 aromatic carbocycles. The van der Waals surface area contributed by atoms with Gasteiger partial charge in [-0.1, -0.05) is 63.2 Å². The van der Waals surface area contributed by atoms with Crippen LogP contribution in [0.25, 0.3) is 0 Å². The first-order valence-corrected chi connectivity index (χ1v) is 21.6. The van der Waals surface area contributed by atoms with Gasteiger partial charge in [0, 0.05) is 30.2 Å². The number of carbonyl (C=O) groups is 4. The van der Waals surface area contributed by atoms with E-state index in [-0.39, 0.29) is 30.6 Å². The quantitative estimate of drug-likeness (QED) is 0.129. The molecule has 14 heteroatoms. The van der Waals surface area contributed by atoms with E-state index in [1.807, 2.05) is 0 Å². The summed E-state index contributed by atoms with van der Waals surface area (Å²) in [5.74, 6) is -4.44. The highest BCUT2D eigenvalue weighted by Gasteiger charge is 2.74. The lowest BCUT2D eigenvalue weighted by atomic mass is 9.42. The minimum atomic E-state index is -2.63. The zero-order valence-electron chi connectivity index (χ0n) is 32.5. The lowest BCUT2D eigenvalue weighted by molar-refractivity contribution is -0.338. The van der Waals surface area contributed by atoms with E-state index in [0.717, 1.165) is 12.1 Å². The summed E-state index contributed by atoms with van der Waals surface area (Å²) >= 11 is 0. The summed E-state index contributed by atoms with van der Waals surface area (Å²) in [5, 5.41) is 51.3. The minimum absolute atomic E-state index is 0.0422. The zero-order valence-corrected chi connectivity index (χ0v) is 33.5. The SMILES string of the molecule is CC(=O)O[C@H]1C(=O)[C@@]2(C)[C@H]([C@H](O)[C@]3(C)C[C@H](OC(=O)[C@H](O)[C@@H](NC(=O)c4ccc([Si](C)(C)O)cc4)c4ccccc4)C(C)=C1C3(C)C)[C@]1(O)CO[C@@H]1C[C@@H]2O. The number of benzene rings is 2. The number of aliphatic hydroxyl groups is 4. The number of ketones is 1. The standard InChI is InChI=1S/C41H53NO12Si/c1-21-26(54-37(49)31(45)30(23-12-10-9-11-13-23)42-36(48)24-14-16-25(17-15-24)55(7,8)51)19-39(5)35(47)33-40(6,27(44)18-28-41(33,50)20-52-28)34(46)32(53-22(2)43)29(21)38(39,3)4/h9-17,26-28,30-33,35,44-45,47,50-51H,18-20H2,1-8H3,(H,42,48)/t26-,27-,28+,30-,31+,32+,33-,35-,39-,40+,41-/m0/s1. The van der Waals surface area contributed by atoms with Gasteiger partial charge < -0.3 is 44.7 Å². The number of fused-ring (bicyclic) bond motifs is 5. The monoisotopic (exact) mass is 779 g/mol. The Kier molecular flexibility index (Phi) is 10.4. The molecule has 0 spiro atoms. The van der Waals surface area contributed by atoms with Crippen LogP contribution in [0.5, 0.6) is 0 Å². The van der Waals surface area contributed by atoms with E-state index in [4.69, 9.17) is 14.2 Å². The third kappa shape index (κ3) is 6.49. The molecule has 298 valence electrons. The zero-order chi connectivity index (χ0) is 40.6. The number of ether oxygens (including phenoxy) is 3. The first-order chi connectivity index (χ1) is 25.5. The molecule has 6 N–H and O–H groups in total. The number of rotatable bonds is 8. The summed E-state index contributed by atoms with van der Waals surface area (Å²) in [6.07, 6.45) is -8.46. The van der Waals surface area contributed by atoms with Crippen LogP contribution in [-0.2, 0) is 28.6 Å². The maximum atomic E-state index is 14.8. The number of hydrogen-bond donors (Lipinski definition) is 6. The summed E-state index contributed by atoms with van der Waals surface area (Å²) < 4.78 is 17.5. The third-order valence-corrected chi connectivity index (χ3v) is 15.2. The molecular formula is C41H53NO12Si. The van der Waals surface area contributed by atoms with Gasteiger partial charge >= 0.3 is 11.9 Å². The topological polar surface area (TPSA) is 209 Å². The Labute approximate surface area is 321 Å². The van der Waals surface area contributed by atoms with Crippen molar-refractivity contribution >= 4 is 37.1 Å². The van der Waals surface area contributed by atoms with Gasteiger partial charge in [-0.05, 0) is 72.8 Å². The molecule has 0 unspecified atom stereocenters. The Hall–Kier alpha value is -3.76. The van der Waals surface area contributed by atoms with Crippen LogP contribution >= 0.6 is 0 Å². The van der Waals surface area contributed by atoms with Crippen LogP contribution in [0.2, 0.25) is 13.1 Å². The van der Waals surface area contributed by atoms with Crippen molar-refractivity contribution in [2.24, 2.45) is 22.2 Å². The van der Waals surface area contributed by atoms with Crippen LogP contribution in [0, 0.1) is 22.2 Å². The number of aliphatic hydroxyl groups excluding tert-OH is 3. The number of esters is 2. The number of carbonyl (C=O) groups excluding carboxylic acids is 4. The Morgan fingerprint density at radius 3 is 2.15 bits per heavy atom. The molecular weight excluding hydrogens is 727 g/mol. The van der Waals surface area contributed by atoms with E-state index in [1.165, 1.54) is 6.92 Å². The van der Waals surface area contributed by atoms with Crippen molar-refractivity contribution in [1.29, 1.82) is 0 Å². The Balaban J connectivity index is 1.38. The van der Waals surface area contributed by atoms with Gasteiger partial charge in [-0.25, -0.2) is 4.79 Å². The first kappa shape index (κ1) is 40.9. The van der Waals surface area contributed by atoms with Gasteiger partial charge in [-0.15, -0.1) is 0 Å². The van der Waals surface area contributed by atoms with E-state index in [0.29, 0.717) is 11.1 Å². The van der Waals surface area contributed by atoms with Crippen molar-refractivity contribution in [2.45, 2.75) is 116 Å². The highest BCUT2D eigenvalue weighted by molar-refractivity contribution is 6.83. The van der Waals surface area contributed by atoms with Crippen LogP contribution in [-0.4, -0.2) is 106 Å². The molecule has 0 aromatic heterocycles. The number of nitrogens with one attached hydrogen (secondary N) is 1. The van der Waals surface area contributed by atoms with Crippen molar-refractivity contribution in [2.75, 3.05) is 6.61 Å². The number of Topliss-reactive ketones (excluding diaryl/α,β-unsaturated/α-hetero) is 1. The fourth-order valence-corrected chi connectivity index (χ4v) is 10.6. The Bertz CT molecular complexity index is 1890. The molecule has 1 aliphatic heterocycles. The average molecular weight is 780 g/mol. The van der Waals surface area contributed by atoms with Gasteiger partial charge in [-0.3, -0.25) is 14.4 Å². The van der Waals surface area contributed by atoms with Crippen LogP contribution in [0.1, 0.15) is 76.3 Å². The predicted molar refractivity (Wildman–Crippen MR) is 201 cm³/mol. The second-order valence-corrected chi connectivity index (χ2v) is 21.0. The summed E-state index contributed by atoms with van der Waals surface area (Å²) in [6.45, 7) is 12.9. The highest BCUT2D eigenvalue weighted by Crippen LogP contribution is 2.65. The molecule has 2 saturated carbocycles. The molecule has 2 bridgehead atoms. The van der Waals surface area contributed by atoms with E-state index in [2.05, 4.69) is 5.32 Å². The average Bonchev–Trinajstić information content (AvgIpc) is 3.12. The molecule has 4 aliphatic rings. The van der Waals surface area contributed by atoms with E-state index in [9.17, 15) is 44.4 Å². The maximum Gasteiger partial charge on any atom is 0.338 e. The maximum absolute atomic E-state index is 14.8. The van der Waals surface area contributed by atoms with Gasteiger partial charge in [-0.2, -0.15) is 0 Å².